The molecule has 0 bridgehead atoms. The van der Waals surface area contributed by atoms with Crippen LogP contribution in [0.3, 0.4) is 0 Å². The average molecular weight is 334 g/mol. The number of hydrogen-bond acceptors (Lipinski definition) is 4. The number of benzene rings is 2. The zero-order valence-corrected chi connectivity index (χ0v) is 13.4. The molecule has 0 aliphatic carbocycles. The molecule has 2 N–H and O–H groups in total. The first-order valence-corrected chi connectivity index (χ1v) is 8.94. The van der Waals surface area contributed by atoms with Gasteiger partial charge in [0.05, 0.1) is 11.4 Å². The maximum atomic E-state index is 12.6. The summed E-state index contributed by atoms with van der Waals surface area (Å²) in [5.74, 6) is 0. The SMILES string of the molecule is CN(C(=O)[O-])P1(=O)Nc2ccc(Sc3ccccc3)cc2N1. The van der Waals surface area contributed by atoms with Crippen molar-refractivity contribution in [2.45, 2.75) is 9.79 Å². The fraction of sp³-hybridized carbons (Fsp3) is 0.0714. The van der Waals surface area contributed by atoms with Gasteiger partial charge in [0.15, 0.2) is 0 Å². The van der Waals surface area contributed by atoms with Crippen LogP contribution in [0.1, 0.15) is 0 Å². The fourth-order valence-corrected chi connectivity index (χ4v) is 4.52. The molecule has 0 aromatic heterocycles. The van der Waals surface area contributed by atoms with Crippen LogP contribution >= 0.6 is 19.4 Å². The first kappa shape index (κ1) is 14.8. The van der Waals surface area contributed by atoms with Gasteiger partial charge in [-0.05, 0) is 30.3 Å². The number of nitrogens with zero attached hydrogens (tertiary/aromatic N) is 1. The van der Waals surface area contributed by atoms with Gasteiger partial charge in [0, 0.05) is 16.8 Å². The maximum absolute atomic E-state index is 12.6. The van der Waals surface area contributed by atoms with Gasteiger partial charge in [0.25, 0.3) is 0 Å². The summed E-state index contributed by atoms with van der Waals surface area (Å²) in [6.45, 7) is 0. The van der Waals surface area contributed by atoms with Crippen LogP contribution in [0.15, 0.2) is 58.3 Å². The van der Waals surface area contributed by atoms with E-state index in [2.05, 4.69) is 10.2 Å². The summed E-state index contributed by atoms with van der Waals surface area (Å²) in [6.07, 6.45) is -1.50. The van der Waals surface area contributed by atoms with E-state index in [0.717, 1.165) is 9.79 Å². The molecule has 1 aliphatic heterocycles. The number of carboxylic acid groups (broad SMARTS) is 1. The lowest BCUT2D eigenvalue weighted by molar-refractivity contribution is -0.258. The third-order valence-electron chi connectivity index (χ3n) is 3.20. The number of anilines is 2. The molecule has 2 aromatic rings. The summed E-state index contributed by atoms with van der Waals surface area (Å²) in [7, 11) is -2.23. The largest absolute Gasteiger partial charge is 0.530 e. The lowest BCUT2D eigenvalue weighted by atomic mass is 10.3. The van der Waals surface area contributed by atoms with Crippen molar-refractivity contribution in [3.63, 3.8) is 0 Å². The summed E-state index contributed by atoms with van der Waals surface area (Å²) >= 11 is 1.57. The molecule has 22 heavy (non-hydrogen) atoms. The van der Waals surface area contributed by atoms with Crippen LogP contribution in [-0.4, -0.2) is 17.8 Å². The van der Waals surface area contributed by atoms with E-state index in [4.69, 9.17) is 0 Å². The summed E-state index contributed by atoms with van der Waals surface area (Å²) in [5.41, 5.74) is 1.21. The molecule has 1 atom stereocenters. The van der Waals surface area contributed by atoms with Crippen LogP contribution in [0.25, 0.3) is 0 Å². The van der Waals surface area contributed by atoms with Gasteiger partial charge in [-0.1, -0.05) is 30.0 Å². The predicted octanol–water partition coefficient (Wildman–Crippen LogP) is 3.06. The predicted molar refractivity (Wildman–Crippen MR) is 85.0 cm³/mol. The molecule has 8 heteroatoms. The minimum absolute atomic E-state index is 0.605. The third kappa shape index (κ3) is 2.77. The second kappa shape index (κ2) is 5.59. The van der Waals surface area contributed by atoms with Crippen LogP contribution in [0.5, 0.6) is 0 Å². The number of fused-ring (bicyclic) bond motifs is 1. The Labute approximate surface area is 132 Å². The van der Waals surface area contributed by atoms with Crippen molar-refractivity contribution in [2.75, 3.05) is 17.2 Å². The second-order valence-electron chi connectivity index (χ2n) is 4.71. The van der Waals surface area contributed by atoms with Crippen LogP contribution < -0.4 is 15.3 Å². The van der Waals surface area contributed by atoms with E-state index in [-0.39, 0.29) is 0 Å². The summed E-state index contributed by atoms with van der Waals surface area (Å²) in [5, 5.41) is 16.4. The minimum atomic E-state index is -3.44. The standard InChI is InChI=1S/C14H14N3O3PS/c1-17(14(18)19)21(20)15-12-8-7-11(9-13(12)16-21)22-10-5-3-2-4-6-10/h2-9H,1H3,(H,18,19)(H2,15,16,20)/p-1. The lowest BCUT2D eigenvalue weighted by Crippen LogP contribution is -2.38. The Bertz CT molecular complexity index is 769. The Morgan fingerprint density at radius 3 is 2.45 bits per heavy atom. The molecule has 0 saturated carbocycles. The Kier molecular flexibility index (Phi) is 3.76. The number of amides is 1. The molecule has 0 spiro atoms. The Morgan fingerprint density at radius 1 is 1.09 bits per heavy atom. The van der Waals surface area contributed by atoms with E-state index in [9.17, 15) is 14.5 Å². The van der Waals surface area contributed by atoms with E-state index in [1.54, 1.807) is 17.8 Å². The van der Waals surface area contributed by atoms with Crippen LogP contribution in [-0.2, 0) is 4.57 Å². The monoisotopic (exact) mass is 334 g/mol. The summed E-state index contributed by atoms with van der Waals surface area (Å²) < 4.78 is 13.2. The van der Waals surface area contributed by atoms with Crippen molar-refractivity contribution in [3.05, 3.63) is 48.5 Å². The smallest absolute Gasteiger partial charge is 0.356 e. The van der Waals surface area contributed by atoms with Crippen LogP contribution in [0, 0.1) is 0 Å². The molecule has 1 heterocycles. The zero-order chi connectivity index (χ0) is 15.7. The molecule has 6 nitrogen and oxygen atoms in total. The first-order valence-electron chi connectivity index (χ1n) is 6.47. The van der Waals surface area contributed by atoms with Crippen molar-refractivity contribution < 1.29 is 14.5 Å². The number of rotatable bonds is 3. The molecule has 0 radical (unpaired) electrons. The van der Waals surface area contributed by atoms with Crippen molar-refractivity contribution in [1.29, 1.82) is 0 Å². The molecular weight excluding hydrogens is 321 g/mol. The highest BCUT2D eigenvalue weighted by Crippen LogP contribution is 2.56. The van der Waals surface area contributed by atoms with Gasteiger partial charge in [-0.25, -0.2) is 0 Å². The molecule has 0 saturated heterocycles. The highest BCUT2D eigenvalue weighted by atomic mass is 32.2. The van der Waals surface area contributed by atoms with Crippen molar-refractivity contribution in [1.82, 2.24) is 4.67 Å². The van der Waals surface area contributed by atoms with E-state index in [0.29, 0.717) is 16.0 Å². The maximum Gasteiger partial charge on any atom is 0.356 e. The molecule has 0 fully saturated rings. The molecule has 1 unspecified atom stereocenters. The molecule has 1 amide bonds. The van der Waals surface area contributed by atoms with Gasteiger partial charge in [0.2, 0.25) is 0 Å². The number of carbonyl (C=O) groups is 1. The minimum Gasteiger partial charge on any atom is -0.530 e. The van der Waals surface area contributed by atoms with Crippen LogP contribution in [0.4, 0.5) is 16.2 Å². The number of nitrogens with one attached hydrogen (secondary N) is 2. The van der Waals surface area contributed by atoms with Gasteiger partial charge in [-0.15, -0.1) is 0 Å². The quantitative estimate of drug-likeness (QED) is 0.839. The van der Waals surface area contributed by atoms with E-state index >= 15 is 0 Å². The van der Waals surface area contributed by atoms with E-state index < -0.39 is 13.7 Å². The van der Waals surface area contributed by atoms with E-state index in [1.165, 1.54) is 7.05 Å². The Hall–Kier alpha value is -2.11. The lowest BCUT2D eigenvalue weighted by Gasteiger charge is -2.26. The molecule has 114 valence electrons. The zero-order valence-electron chi connectivity index (χ0n) is 11.6. The second-order valence-corrected chi connectivity index (χ2v) is 8.06. The normalized spacial score (nSPS) is 19.0. The molecule has 3 rings (SSSR count). The highest BCUT2D eigenvalue weighted by molar-refractivity contribution is 7.99. The van der Waals surface area contributed by atoms with Crippen molar-refractivity contribution >= 4 is 36.8 Å². The topological polar surface area (TPSA) is 84.5 Å². The van der Waals surface area contributed by atoms with Crippen LogP contribution in [0.2, 0.25) is 0 Å². The Balaban J connectivity index is 1.83. The average Bonchev–Trinajstić information content (AvgIpc) is 2.84. The van der Waals surface area contributed by atoms with Gasteiger partial charge in [0.1, 0.15) is 6.09 Å². The number of carbonyl (C=O) groups excluding carboxylic acids is 1. The fourth-order valence-electron chi connectivity index (χ4n) is 2.02. The molecule has 1 aliphatic rings. The van der Waals surface area contributed by atoms with Gasteiger partial charge in [-0.3, -0.25) is 9.24 Å². The summed E-state index contributed by atoms with van der Waals surface area (Å²) in [4.78, 5) is 13.0. The third-order valence-corrected chi connectivity index (χ3v) is 6.29. The molecule has 2 aromatic carbocycles. The van der Waals surface area contributed by atoms with E-state index in [1.807, 2.05) is 42.5 Å². The number of hydrogen-bond donors (Lipinski definition) is 2. The molecular formula is C14H13N3O3PS-. The highest BCUT2D eigenvalue weighted by Gasteiger charge is 2.35. The van der Waals surface area contributed by atoms with Crippen molar-refractivity contribution in [3.8, 4) is 0 Å². The van der Waals surface area contributed by atoms with Gasteiger partial charge >= 0.3 is 7.59 Å². The van der Waals surface area contributed by atoms with Gasteiger partial charge in [-0.2, -0.15) is 0 Å². The van der Waals surface area contributed by atoms with Crippen molar-refractivity contribution in [2.24, 2.45) is 0 Å². The van der Waals surface area contributed by atoms with Gasteiger partial charge < -0.3 is 20.1 Å². The first-order chi connectivity index (χ1) is 10.5. The Morgan fingerprint density at radius 2 is 1.77 bits per heavy atom. The summed E-state index contributed by atoms with van der Waals surface area (Å²) in [6, 6.07) is 15.4.